The molecule has 0 saturated heterocycles. The Morgan fingerprint density at radius 1 is 0.544 bits per heavy atom. The second-order valence-corrected chi connectivity index (χ2v) is 17.5. The normalized spacial score (nSPS) is 12.1. The number of rotatable bonds is 7. The van der Waals surface area contributed by atoms with Crippen LogP contribution in [0.15, 0.2) is 152 Å². The molecule has 0 atom stereocenters. The fourth-order valence-corrected chi connectivity index (χ4v) is 7.92. The molecule has 2 heterocycles. The summed E-state index contributed by atoms with van der Waals surface area (Å²) < 4.78 is 2.32. The minimum atomic E-state index is -0.306. The summed E-state index contributed by atoms with van der Waals surface area (Å²) in [6.07, 6.45) is 1.89. The number of benzene rings is 6. The molecule has 4 nitrogen and oxygen atoms in total. The molecule has 4 heteroatoms. The molecule has 0 saturated carbocycles. The summed E-state index contributed by atoms with van der Waals surface area (Å²) in [5.41, 5.74) is 14.9. The van der Waals surface area contributed by atoms with E-state index in [-0.39, 0.29) is 22.5 Å². The van der Waals surface area contributed by atoms with Gasteiger partial charge in [-0.25, -0.2) is 4.98 Å². The van der Waals surface area contributed by atoms with Crippen molar-refractivity contribution in [1.82, 2.24) is 14.5 Å². The lowest BCUT2D eigenvalue weighted by molar-refractivity contribution is 0.446. The molecule has 8 aromatic rings. The van der Waals surface area contributed by atoms with Gasteiger partial charge < -0.3 is 5.11 Å². The number of pyridine rings is 1. The molecule has 0 fully saturated rings. The number of imidazole rings is 1. The number of hydrogen-bond donors (Lipinski definition) is 1. The van der Waals surface area contributed by atoms with Crippen LogP contribution in [0, 0.1) is 0 Å². The Labute approximate surface area is 337 Å². The SMILES string of the molecule is CC(C)c1cccc(-c2ccccc2)c1-n1c(-c2cc(C(C)(C)C)cc(C(C)(C)C)c2O)nc2c(-c3cccc(-c4cc(-c5ccccc5)ccn4)c3)cccc21. The van der Waals surface area contributed by atoms with Crippen LogP contribution in [-0.2, 0) is 10.8 Å². The van der Waals surface area contributed by atoms with Gasteiger partial charge in [-0.05, 0) is 80.5 Å². The van der Waals surface area contributed by atoms with Gasteiger partial charge >= 0.3 is 0 Å². The number of hydrogen-bond acceptors (Lipinski definition) is 3. The number of aromatic hydroxyl groups is 1. The first kappa shape index (κ1) is 37.7. The lowest BCUT2D eigenvalue weighted by Crippen LogP contribution is -2.17. The van der Waals surface area contributed by atoms with Gasteiger partial charge in [0.1, 0.15) is 11.6 Å². The molecular formula is C53H51N3O. The number of para-hydroxylation sites is 2. The minimum absolute atomic E-state index is 0.165. The summed E-state index contributed by atoms with van der Waals surface area (Å²) in [5, 5.41) is 12.4. The van der Waals surface area contributed by atoms with Gasteiger partial charge in [0.25, 0.3) is 0 Å². The maximum Gasteiger partial charge on any atom is 0.149 e. The second-order valence-electron chi connectivity index (χ2n) is 17.5. The first-order valence-corrected chi connectivity index (χ1v) is 20.0. The zero-order valence-corrected chi connectivity index (χ0v) is 34.3. The van der Waals surface area contributed by atoms with Crippen LogP contribution in [0.3, 0.4) is 0 Å². The highest BCUT2D eigenvalue weighted by atomic mass is 16.3. The van der Waals surface area contributed by atoms with Crippen molar-refractivity contribution < 1.29 is 5.11 Å². The zero-order valence-electron chi connectivity index (χ0n) is 34.3. The van der Waals surface area contributed by atoms with E-state index in [4.69, 9.17) is 9.97 Å². The van der Waals surface area contributed by atoms with Crippen LogP contribution in [0.1, 0.15) is 78.0 Å². The van der Waals surface area contributed by atoms with E-state index in [1.54, 1.807) is 0 Å². The van der Waals surface area contributed by atoms with Crippen molar-refractivity contribution in [2.24, 2.45) is 0 Å². The second kappa shape index (κ2) is 14.7. The van der Waals surface area contributed by atoms with Gasteiger partial charge in [-0.3, -0.25) is 9.55 Å². The summed E-state index contributed by atoms with van der Waals surface area (Å²) in [6.45, 7) is 17.7. The first-order valence-electron chi connectivity index (χ1n) is 20.0. The highest BCUT2D eigenvalue weighted by molar-refractivity contribution is 5.98. The fourth-order valence-electron chi connectivity index (χ4n) is 7.92. The molecule has 0 aliphatic rings. The van der Waals surface area contributed by atoms with Crippen molar-refractivity contribution >= 4 is 11.0 Å². The Morgan fingerprint density at radius 3 is 1.86 bits per heavy atom. The summed E-state index contributed by atoms with van der Waals surface area (Å²) in [4.78, 5) is 10.4. The van der Waals surface area contributed by atoms with Gasteiger partial charge in [-0.15, -0.1) is 0 Å². The summed E-state index contributed by atoms with van der Waals surface area (Å²) in [6, 6.07) is 51.3. The van der Waals surface area contributed by atoms with E-state index in [0.717, 1.165) is 78.0 Å². The van der Waals surface area contributed by atoms with Crippen LogP contribution in [-0.4, -0.2) is 19.6 Å². The Morgan fingerprint density at radius 2 is 1.18 bits per heavy atom. The Balaban J connectivity index is 1.44. The smallest absolute Gasteiger partial charge is 0.149 e. The van der Waals surface area contributed by atoms with Gasteiger partial charge in [0.15, 0.2) is 0 Å². The maximum absolute atomic E-state index is 12.4. The van der Waals surface area contributed by atoms with Crippen molar-refractivity contribution in [2.45, 2.75) is 72.1 Å². The molecular weight excluding hydrogens is 695 g/mol. The van der Waals surface area contributed by atoms with E-state index >= 15 is 0 Å². The predicted octanol–water partition coefficient (Wildman–Crippen LogP) is 14.2. The van der Waals surface area contributed by atoms with Crippen molar-refractivity contribution in [3.05, 3.63) is 168 Å². The molecule has 0 aliphatic heterocycles. The number of phenols is 1. The highest BCUT2D eigenvalue weighted by Crippen LogP contribution is 2.46. The van der Waals surface area contributed by atoms with Crippen LogP contribution in [0.2, 0.25) is 0 Å². The van der Waals surface area contributed by atoms with Gasteiger partial charge in [-0.1, -0.05) is 171 Å². The zero-order chi connectivity index (χ0) is 40.1. The van der Waals surface area contributed by atoms with Crippen LogP contribution < -0.4 is 0 Å². The molecule has 0 radical (unpaired) electrons. The average Bonchev–Trinajstić information content (AvgIpc) is 3.59. The van der Waals surface area contributed by atoms with Crippen LogP contribution in [0.4, 0.5) is 0 Å². The molecule has 1 N–H and O–H groups in total. The summed E-state index contributed by atoms with van der Waals surface area (Å²) >= 11 is 0. The lowest BCUT2D eigenvalue weighted by Gasteiger charge is -2.28. The van der Waals surface area contributed by atoms with E-state index in [1.165, 1.54) is 5.56 Å². The quantitative estimate of drug-likeness (QED) is 0.177. The number of fused-ring (bicyclic) bond motifs is 1. The highest BCUT2D eigenvalue weighted by Gasteiger charge is 2.30. The average molecular weight is 746 g/mol. The predicted molar refractivity (Wildman–Crippen MR) is 239 cm³/mol. The molecule has 284 valence electrons. The van der Waals surface area contributed by atoms with E-state index in [2.05, 4.69) is 199 Å². The van der Waals surface area contributed by atoms with Crippen LogP contribution in [0.5, 0.6) is 5.75 Å². The molecule has 0 unspecified atom stereocenters. The van der Waals surface area contributed by atoms with Crippen LogP contribution >= 0.6 is 0 Å². The van der Waals surface area contributed by atoms with Crippen molar-refractivity contribution in [3.63, 3.8) is 0 Å². The molecule has 0 aliphatic carbocycles. The summed E-state index contributed by atoms with van der Waals surface area (Å²) in [5.74, 6) is 1.20. The Bertz CT molecular complexity index is 2730. The van der Waals surface area contributed by atoms with E-state index in [1.807, 2.05) is 12.3 Å². The van der Waals surface area contributed by atoms with Gasteiger partial charge in [0, 0.05) is 28.5 Å². The number of nitrogens with zero attached hydrogens (tertiary/aromatic N) is 3. The fraction of sp³-hybridized carbons (Fsp3) is 0.208. The minimum Gasteiger partial charge on any atom is -0.507 e. The molecule has 57 heavy (non-hydrogen) atoms. The first-order chi connectivity index (χ1) is 27.3. The third-order valence-electron chi connectivity index (χ3n) is 11.0. The molecule has 0 amide bonds. The van der Waals surface area contributed by atoms with Crippen molar-refractivity contribution in [1.29, 1.82) is 0 Å². The molecule has 6 aromatic carbocycles. The topological polar surface area (TPSA) is 50.9 Å². The monoisotopic (exact) mass is 745 g/mol. The van der Waals surface area contributed by atoms with E-state index < -0.39 is 0 Å². The maximum atomic E-state index is 12.4. The van der Waals surface area contributed by atoms with Gasteiger partial charge in [-0.2, -0.15) is 0 Å². The third-order valence-corrected chi connectivity index (χ3v) is 11.0. The Kier molecular flexibility index (Phi) is 9.69. The van der Waals surface area contributed by atoms with Gasteiger partial charge in [0.05, 0.1) is 28.0 Å². The largest absolute Gasteiger partial charge is 0.507 e. The lowest BCUT2D eigenvalue weighted by atomic mass is 9.79. The van der Waals surface area contributed by atoms with Crippen molar-refractivity contribution in [3.8, 4) is 67.5 Å². The molecule has 0 bridgehead atoms. The van der Waals surface area contributed by atoms with Crippen LogP contribution in [0.25, 0.3) is 72.7 Å². The van der Waals surface area contributed by atoms with E-state index in [0.29, 0.717) is 5.82 Å². The van der Waals surface area contributed by atoms with E-state index in [9.17, 15) is 5.11 Å². The van der Waals surface area contributed by atoms with Crippen molar-refractivity contribution in [2.75, 3.05) is 0 Å². The number of phenolic OH excluding ortho intramolecular Hbond substituents is 1. The van der Waals surface area contributed by atoms with Gasteiger partial charge in [0.2, 0.25) is 0 Å². The standard InChI is InChI=1S/C53H51N3O/c1-34(2)41-24-16-26-43(36-20-13-10-14-21-36)49(41)56-47-27-17-25-42(38-22-15-23-39(30-38)46-31-37(28-29-54-46)35-18-11-9-12-19-35)48(47)55-51(56)44-32-40(52(3,4)5)33-45(50(44)57)53(6,7)8/h9-34,57H,1-8H3. The molecule has 8 rings (SSSR count). The Hall–Kier alpha value is -6.26. The molecule has 0 spiro atoms. The number of aromatic nitrogens is 3. The molecule has 2 aromatic heterocycles. The third kappa shape index (κ3) is 7.17. The summed E-state index contributed by atoms with van der Waals surface area (Å²) in [7, 11) is 0.